The lowest BCUT2D eigenvalue weighted by Gasteiger charge is -2.08. The second-order valence-corrected chi connectivity index (χ2v) is 3.06. The monoisotopic (exact) mass is 238 g/mol. The van der Waals surface area contributed by atoms with Crippen LogP contribution in [0.15, 0.2) is 18.5 Å². The van der Waals surface area contributed by atoms with Crippen LogP contribution < -0.4 is 5.32 Å². The van der Waals surface area contributed by atoms with E-state index in [1.807, 2.05) is 0 Å². The number of carbonyl (C=O) groups is 1. The summed E-state index contributed by atoms with van der Waals surface area (Å²) in [6.45, 7) is -1.39. The van der Waals surface area contributed by atoms with Crippen LogP contribution in [0.5, 0.6) is 0 Å². The number of alkyl halides is 3. The van der Waals surface area contributed by atoms with E-state index in [1.54, 1.807) is 5.32 Å². The molecule has 82 valence electrons. The molecule has 0 saturated carbocycles. The lowest BCUT2D eigenvalue weighted by atomic mass is 10.2. The summed E-state index contributed by atoms with van der Waals surface area (Å²) in [5, 5.41) is 1.75. The van der Waals surface area contributed by atoms with Crippen molar-refractivity contribution in [2.45, 2.75) is 6.18 Å². The summed E-state index contributed by atoms with van der Waals surface area (Å²) < 4.78 is 35.3. The van der Waals surface area contributed by atoms with Gasteiger partial charge < -0.3 is 5.32 Å². The fourth-order valence-electron chi connectivity index (χ4n) is 0.820. The Morgan fingerprint density at radius 3 is 2.73 bits per heavy atom. The summed E-state index contributed by atoms with van der Waals surface area (Å²) in [5.41, 5.74) is -0.0802. The maximum Gasteiger partial charge on any atom is 0.405 e. The molecule has 0 aliphatic rings. The Bertz CT molecular complexity index is 367. The minimum atomic E-state index is -4.44. The van der Waals surface area contributed by atoms with Crippen molar-refractivity contribution in [3.8, 4) is 0 Å². The van der Waals surface area contributed by atoms with Crippen LogP contribution in [0.2, 0.25) is 5.02 Å². The Labute approximate surface area is 88.3 Å². The molecule has 0 atom stereocenters. The zero-order chi connectivity index (χ0) is 11.5. The number of halogens is 4. The lowest BCUT2D eigenvalue weighted by Crippen LogP contribution is -2.33. The maximum atomic E-state index is 11.8. The van der Waals surface area contributed by atoms with Crippen LogP contribution in [0, 0.1) is 0 Å². The standard InChI is InChI=1S/C8H6ClF3N2O/c9-6-1-2-13-3-5(6)7(15)14-4-8(10,11)12/h1-3H,4H2,(H,14,15). The van der Waals surface area contributed by atoms with Crippen molar-refractivity contribution in [3.63, 3.8) is 0 Å². The van der Waals surface area contributed by atoms with Crippen LogP contribution in [0.1, 0.15) is 10.4 Å². The molecule has 15 heavy (non-hydrogen) atoms. The Balaban J connectivity index is 2.66. The van der Waals surface area contributed by atoms with Gasteiger partial charge in [-0.25, -0.2) is 0 Å². The molecule has 7 heteroatoms. The van der Waals surface area contributed by atoms with Crippen molar-refractivity contribution in [1.29, 1.82) is 0 Å². The highest BCUT2D eigenvalue weighted by Crippen LogP contribution is 2.15. The summed E-state index contributed by atoms with van der Waals surface area (Å²) >= 11 is 5.59. The first-order chi connectivity index (χ1) is 6.90. The van der Waals surface area contributed by atoms with Gasteiger partial charge in [-0.3, -0.25) is 9.78 Å². The maximum absolute atomic E-state index is 11.8. The zero-order valence-corrected chi connectivity index (χ0v) is 8.06. The van der Waals surface area contributed by atoms with E-state index in [-0.39, 0.29) is 10.6 Å². The highest BCUT2D eigenvalue weighted by Gasteiger charge is 2.28. The third-order valence-electron chi connectivity index (χ3n) is 1.46. The average Bonchev–Trinajstić information content (AvgIpc) is 2.14. The van der Waals surface area contributed by atoms with Crippen molar-refractivity contribution < 1.29 is 18.0 Å². The fourth-order valence-corrected chi connectivity index (χ4v) is 1.01. The molecule has 0 spiro atoms. The topological polar surface area (TPSA) is 42.0 Å². The first kappa shape index (κ1) is 11.8. The van der Waals surface area contributed by atoms with Crippen LogP contribution in [0.4, 0.5) is 13.2 Å². The number of pyridine rings is 1. The molecule has 3 nitrogen and oxygen atoms in total. The van der Waals surface area contributed by atoms with Crippen molar-refractivity contribution in [3.05, 3.63) is 29.0 Å². The van der Waals surface area contributed by atoms with Gasteiger partial charge in [-0.15, -0.1) is 0 Å². The highest BCUT2D eigenvalue weighted by atomic mass is 35.5. The molecule has 1 aromatic rings. The number of aromatic nitrogens is 1. The Kier molecular flexibility index (Phi) is 3.52. The molecule has 0 unspecified atom stereocenters. The molecule has 1 heterocycles. The number of hydrogen-bond donors (Lipinski definition) is 1. The van der Waals surface area contributed by atoms with E-state index in [0.29, 0.717) is 0 Å². The third kappa shape index (κ3) is 3.75. The van der Waals surface area contributed by atoms with E-state index < -0.39 is 18.6 Å². The largest absolute Gasteiger partial charge is 0.405 e. The molecule has 0 aromatic carbocycles. The van der Waals surface area contributed by atoms with Gasteiger partial charge in [0.15, 0.2) is 0 Å². The molecule has 0 saturated heterocycles. The van der Waals surface area contributed by atoms with Crippen LogP contribution in [0.25, 0.3) is 0 Å². The van der Waals surface area contributed by atoms with Gasteiger partial charge in [-0.2, -0.15) is 13.2 Å². The Morgan fingerprint density at radius 2 is 2.20 bits per heavy atom. The van der Waals surface area contributed by atoms with Crippen molar-refractivity contribution in [1.82, 2.24) is 10.3 Å². The quantitative estimate of drug-likeness (QED) is 0.857. The van der Waals surface area contributed by atoms with Gasteiger partial charge in [0.25, 0.3) is 5.91 Å². The second kappa shape index (κ2) is 4.48. The summed E-state index contributed by atoms with van der Waals surface area (Å²) in [6, 6.07) is 1.32. The van der Waals surface area contributed by atoms with E-state index >= 15 is 0 Å². The smallest absolute Gasteiger partial charge is 0.343 e. The predicted octanol–water partition coefficient (Wildman–Crippen LogP) is 2.03. The Hall–Kier alpha value is -1.30. The molecular weight excluding hydrogens is 233 g/mol. The second-order valence-electron chi connectivity index (χ2n) is 2.65. The SMILES string of the molecule is O=C(NCC(F)(F)F)c1cnccc1Cl. The molecule has 0 aliphatic carbocycles. The minimum absolute atomic E-state index is 0.0599. The van der Waals surface area contributed by atoms with Gasteiger partial charge in [0.05, 0.1) is 10.6 Å². The molecular formula is C8H6ClF3N2O. The minimum Gasteiger partial charge on any atom is -0.343 e. The Morgan fingerprint density at radius 1 is 1.53 bits per heavy atom. The van der Waals surface area contributed by atoms with E-state index in [4.69, 9.17) is 11.6 Å². The number of hydrogen-bond acceptors (Lipinski definition) is 2. The van der Waals surface area contributed by atoms with Crippen molar-refractivity contribution in [2.24, 2.45) is 0 Å². The van der Waals surface area contributed by atoms with E-state index in [2.05, 4.69) is 4.98 Å². The number of nitrogens with zero attached hydrogens (tertiary/aromatic N) is 1. The molecule has 1 rings (SSSR count). The van der Waals surface area contributed by atoms with E-state index in [1.165, 1.54) is 12.3 Å². The molecule has 0 fully saturated rings. The molecule has 0 radical (unpaired) electrons. The summed E-state index contributed by atoms with van der Waals surface area (Å²) in [6.07, 6.45) is -2.00. The third-order valence-corrected chi connectivity index (χ3v) is 1.79. The van der Waals surface area contributed by atoms with E-state index in [0.717, 1.165) is 6.20 Å². The van der Waals surface area contributed by atoms with Gasteiger partial charge in [0.2, 0.25) is 0 Å². The molecule has 0 aliphatic heterocycles. The van der Waals surface area contributed by atoms with Gasteiger partial charge in [-0.1, -0.05) is 11.6 Å². The number of amides is 1. The summed E-state index contributed by atoms with van der Waals surface area (Å²) in [4.78, 5) is 14.8. The van der Waals surface area contributed by atoms with Crippen molar-refractivity contribution in [2.75, 3.05) is 6.54 Å². The number of carbonyl (C=O) groups excluding carboxylic acids is 1. The van der Waals surface area contributed by atoms with Crippen LogP contribution in [0.3, 0.4) is 0 Å². The van der Waals surface area contributed by atoms with Crippen LogP contribution in [-0.2, 0) is 0 Å². The summed E-state index contributed by atoms with van der Waals surface area (Å²) in [5.74, 6) is -0.898. The van der Waals surface area contributed by atoms with Crippen LogP contribution in [-0.4, -0.2) is 23.6 Å². The van der Waals surface area contributed by atoms with Crippen molar-refractivity contribution >= 4 is 17.5 Å². The molecule has 1 N–H and O–H groups in total. The number of nitrogens with one attached hydrogen (secondary N) is 1. The van der Waals surface area contributed by atoms with Crippen LogP contribution >= 0.6 is 11.6 Å². The van der Waals surface area contributed by atoms with Gasteiger partial charge in [0.1, 0.15) is 6.54 Å². The zero-order valence-electron chi connectivity index (χ0n) is 7.31. The van der Waals surface area contributed by atoms with Gasteiger partial charge in [0, 0.05) is 12.4 Å². The summed E-state index contributed by atoms with van der Waals surface area (Å²) in [7, 11) is 0. The first-order valence-corrected chi connectivity index (χ1v) is 4.22. The predicted molar refractivity (Wildman–Crippen MR) is 47.6 cm³/mol. The normalized spacial score (nSPS) is 11.2. The lowest BCUT2D eigenvalue weighted by molar-refractivity contribution is -0.123. The van der Waals surface area contributed by atoms with Gasteiger partial charge in [-0.05, 0) is 6.07 Å². The molecule has 0 bridgehead atoms. The van der Waals surface area contributed by atoms with Gasteiger partial charge >= 0.3 is 6.18 Å². The van der Waals surface area contributed by atoms with E-state index in [9.17, 15) is 18.0 Å². The highest BCUT2D eigenvalue weighted by molar-refractivity contribution is 6.33. The molecule has 1 amide bonds. The average molecular weight is 239 g/mol. The first-order valence-electron chi connectivity index (χ1n) is 3.84. The fraction of sp³-hybridized carbons (Fsp3) is 0.250. The number of rotatable bonds is 2. The molecule has 1 aromatic heterocycles.